The first-order chi connectivity index (χ1) is 21.3. The molecule has 8 N–H and O–H groups in total. The highest BCUT2D eigenvalue weighted by Gasteiger charge is 2.73. The van der Waals surface area contributed by atoms with Crippen LogP contribution in [0.2, 0.25) is 0 Å². The lowest BCUT2D eigenvalue weighted by atomic mass is 9.41. The van der Waals surface area contributed by atoms with Gasteiger partial charge in [-0.25, -0.2) is 0 Å². The molecule has 1 aromatic carbocycles. The largest absolute Gasteiger partial charge is 0.504 e. The van der Waals surface area contributed by atoms with Crippen molar-refractivity contribution in [1.29, 1.82) is 0 Å². The van der Waals surface area contributed by atoms with E-state index in [2.05, 4.69) is 6.92 Å². The van der Waals surface area contributed by atoms with Gasteiger partial charge in [-0.1, -0.05) is 25.5 Å². The van der Waals surface area contributed by atoms with Crippen molar-refractivity contribution < 1.29 is 55.1 Å². The van der Waals surface area contributed by atoms with Crippen LogP contribution in [-0.2, 0) is 21.4 Å². The van der Waals surface area contributed by atoms with Crippen LogP contribution >= 0.6 is 0 Å². The summed E-state index contributed by atoms with van der Waals surface area (Å²) >= 11 is 0. The summed E-state index contributed by atoms with van der Waals surface area (Å²) in [5.74, 6) is -1.42. The molecule has 13 atom stereocenters. The van der Waals surface area contributed by atoms with Gasteiger partial charge in [0.15, 0.2) is 11.5 Å². The van der Waals surface area contributed by atoms with E-state index in [4.69, 9.17) is 9.47 Å². The molecular formula is C35H52O11. The fourth-order valence-electron chi connectivity index (χ4n) is 9.81. The maximum absolute atomic E-state index is 14.6. The minimum absolute atomic E-state index is 0.0476. The summed E-state index contributed by atoms with van der Waals surface area (Å²) in [6.45, 7) is 12.4. The average molecular weight is 649 g/mol. The first kappa shape index (κ1) is 35.2. The minimum Gasteiger partial charge on any atom is -0.504 e. The molecule has 5 rings (SSSR count). The van der Waals surface area contributed by atoms with Crippen LogP contribution in [0.4, 0.5) is 0 Å². The van der Waals surface area contributed by atoms with Gasteiger partial charge >= 0.3 is 0 Å². The van der Waals surface area contributed by atoms with E-state index in [0.717, 1.165) is 11.1 Å². The Balaban J connectivity index is 1.55. The minimum atomic E-state index is -1.69. The van der Waals surface area contributed by atoms with E-state index in [0.29, 0.717) is 30.4 Å². The first-order valence-corrected chi connectivity index (χ1v) is 16.4. The van der Waals surface area contributed by atoms with Crippen molar-refractivity contribution in [2.75, 3.05) is 6.61 Å². The lowest BCUT2D eigenvalue weighted by Gasteiger charge is -2.62. The number of carbonyl (C=O) groups excluding carboxylic acids is 1. The van der Waals surface area contributed by atoms with Gasteiger partial charge in [0.25, 0.3) is 0 Å². The van der Waals surface area contributed by atoms with Crippen molar-refractivity contribution in [2.45, 2.75) is 135 Å². The second-order valence-electron chi connectivity index (χ2n) is 15.4. The smallest absolute Gasteiger partial charge is 0.229 e. The lowest BCUT2D eigenvalue weighted by Crippen LogP contribution is -2.64. The standard InChI is InChI=1S/C35H52O11/c1-16(2)8-11-24(38)35(7,44)30-20(37)13-32(4)23-10-9-18-17(3)26(40)21(12-19(18)34(23,6)25(39)14-33(30,32)5)45-31-29(43)28(42)27(41)22(15-36)46-31/h8,12,20,22-24,27-31,36-38,40-44H,9-11,13-15H2,1-7H3/t20-,22-,23+,24?,27-,28+,29-,30+,31-,32+,33-,34+,35+/m1/s1. The molecule has 3 aliphatic carbocycles. The number of benzene rings is 1. The van der Waals surface area contributed by atoms with Crippen LogP contribution in [0.3, 0.4) is 0 Å². The van der Waals surface area contributed by atoms with Crippen LogP contribution in [0.5, 0.6) is 11.5 Å². The average Bonchev–Trinajstić information content (AvgIpc) is 3.19. The molecular weight excluding hydrogens is 596 g/mol. The zero-order chi connectivity index (χ0) is 34.3. The fraction of sp³-hybridized carbons (Fsp3) is 0.743. The van der Waals surface area contributed by atoms with Crippen LogP contribution in [-0.4, -0.2) is 102 Å². The molecule has 0 bridgehead atoms. The number of allylic oxidation sites excluding steroid dienone is 1. The summed E-state index contributed by atoms with van der Waals surface area (Å²) in [6.07, 6.45) is -6.21. The van der Waals surface area contributed by atoms with E-state index in [1.165, 1.54) is 0 Å². The topological polar surface area (TPSA) is 197 Å². The normalized spacial score (nSPS) is 42.3. The SMILES string of the molecule is CC(C)=CCC(O)[C@](C)(O)[C@H]1[C@H](O)C[C@@]2(C)[C@@H]3CCc4c(cc(O[C@@H]5O[C@H](CO)[C@@H](O)[C@H](O)[C@H]5O)c(O)c4C)[C@]3(C)C(=O)C[C@]12C. The number of aliphatic hydroxyl groups is 7. The van der Waals surface area contributed by atoms with Gasteiger partial charge in [0.1, 0.15) is 30.2 Å². The summed E-state index contributed by atoms with van der Waals surface area (Å²) in [5.41, 5.74) is -1.25. The number of Topliss-reactive ketones (excluding diaryl/α,β-unsaturated/α-hetero) is 1. The number of ether oxygens (including phenoxy) is 2. The Bertz CT molecular complexity index is 1380. The maximum atomic E-state index is 14.6. The number of ketones is 1. The highest BCUT2D eigenvalue weighted by molar-refractivity contribution is 5.93. The monoisotopic (exact) mass is 648 g/mol. The van der Waals surface area contributed by atoms with Crippen molar-refractivity contribution in [2.24, 2.45) is 22.7 Å². The van der Waals surface area contributed by atoms with Crippen LogP contribution in [0.25, 0.3) is 0 Å². The third-order valence-electron chi connectivity index (χ3n) is 12.6. The molecule has 11 heteroatoms. The Kier molecular flexibility index (Phi) is 9.04. The van der Waals surface area contributed by atoms with Gasteiger partial charge < -0.3 is 50.3 Å². The number of phenols is 1. The fourth-order valence-corrected chi connectivity index (χ4v) is 9.81. The van der Waals surface area contributed by atoms with Crippen LogP contribution < -0.4 is 4.74 Å². The molecule has 1 aromatic rings. The molecule has 1 saturated heterocycles. The summed E-state index contributed by atoms with van der Waals surface area (Å²) in [7, 11) is 0. The van der Waals surface area contributed by atoms with Gasteiger partial charge in [-0.2, -0.15) is 0 Å². The van der Waals surface area contributed by atoms with Crippen LogP contribution in [0, 0.1) is 29.6 Å². The Labute approximate surface area is 270 Å². The maximum Gasteiger partial charge on any atom is 0.229 e. The molecule has 1 aliphatic heterocycles. The highest BCUT2D eigenvalue weighted by atomic mass is 16.7. The molecule has 3 fully saturated rings. The second kappa shape index (κ2) is 11.8. The number of fused-ring (bicyclic) bond motifs is 5. The number of aliphatic hydroxyl groups excluding tert-OH is 6. The van der Waals surface area contributed by atoms with Crippen LogP contribution in [0.1, 0.15) is 83.9 Å². The van der Waals surface area contributed by atoms with E-state index in [1.807, 2.05) is 33.8 Å². The zero-order valence-electron chi connectivity index (χ0n) is 27.9. The van der Waals surface area contributed by atoms with Gasteiger partial charge in [0.2, 0.25) is 6.29 Å². The number of phenolic OH excluding ortho intramolecular Hbond substituents is 1. The van der Waals surface area contributed by atoms with Crippen LogP contribution in [0.15, 0.2) is 17.7 Å². The summed E-state index contributed by atoms with van der Waals surface area (Å²) in [4.78, 5) is 14.6. The van der Waals surface area contributed by atoms with Gasteiger partial charge in [-0.15, -0.1) is 0 Å². The zero-order valence-corrected chi connectivity index (χ0v) is 27.9. The number of aromatic hydroxyl groups is 1. The highest BCUT2D eigenvalue weighted by Crippen LogP contribution is 2.72. The molecule has 1 heterocycles. The van der Waals surface area contributed by atoms with Crippen molar-refractivity contribution in [3.8, 4) is 11.5 Å². The second-order valence-corrected chi connectivity index (χ2v) is 15.4. The van der Waals surface area contributed by atoms with Gasteiger partial charge in [-0.3, -0.25) is 4.79 Å². The van der Waals surface area contributed by atoms with E-state index in [-0.39, 0.29) is 36.0 Å². The Morgan fingerprint density at radius 2 is 1.78 bits per heavy atom. The van der Waals surface area contributed by atoms with E-state index in [1.54, 1.807) is 19.9 Å². The summed E-state index contributed by atoms with van der Waals surface area (Å²) in [5, 5.41) is 86.6. The van der Waals surface area contributed by atoms with E-state index < -0.39 is 77.3 Å². The molecule has 0 aromatic heterocycles. The van der Waals surface area contributed by atoms with Crippen molar-refractivity contribution in [1.82, 2.24) is 0 Å². The Morgan fingerprint density at radius 1 is 1.13 bits per heavy atom. The lowest BCUT2D eigenvalue weighted by molar-refractivity contribution is -0.277. The van der Waals surface area contributed by atoms with Gasteiger partial charge in [0, 0.05) is 12.3 Å². The molecule has 11 nitrogen and oxygen atoms in total. The summed E-state index contributed by atoms with van der Waals surface area (Å²) < 4.78 is 11.4. The molecule has 0 radical (unpaired) electrons. The third-order valence-corrected chi connectivity index (χ3v) is 12.6. The van der Waals surface area contributed by atoms with E-state index >= 15 is 0 Å². The van der Waals surface area contributed by atoms with Gasteiger partial charge in [0.05, 0.1) is 29.8 Å². The molecule has 0 amide bonds. The molecule has 1 unspecified atom stereocenters. The van der Waals surface area contributed by atoms with Crippen molar-refractivity contribution >= 4 is 5.78 Å². The Hall–Kier alpha value is -2.09. The summed E-state index contributed by atoms with van der Waals surface area (Å²) in [6, 6.07) is 1.58. The number of hydrogen-bond acceptors (Lipinski definition) is 11. The molecule has 258 valence electrons. The first-order valence-electron chi connectivity index (χ1n) is 16.4. The molecule has 46 heavy (non-hydrogen) atoms. The van der Waals surface area contributed by atoms with Gasteiger partial charge in [-0.05, 0) is 99.8 Å². The van der Waals surface area contributed by atoms with Crippen molar-refractivity contribution in [3.63, 3.8) is 0 Å². The predicted molar refractivity (Wildman–Crippen MR) is 167 cm³/mol. The quantitative estimate of drug-likeness (QED) is 0.200. The Morgan fingerprint density at radius 3 is 2.39 bits per heavy atom. The molecule has 0 spiro atoms. The third kappa shape index (κ3) is 4.96. The number of hydrogen-bond donors (Lipinski definition) is 8. The van der Waals surface area contributed by atoms with E-state index in [9.17, 15) is 45.6 Å². The number of rotatable bonds is 7. The molecule has 2 saturated carbocycles. The predicted octanol–water partition coefficient (Wildman–Crippen LogP) is 1.53. The van der Waals surface area contributed by atoms with Crippen molar-refractivity contribution in [3.05, 3.63) is 34.4 Å². The number of carbonyl (C=O) groups is 1. The molecule has 4 aliphatic rings.